The van der Waals surface area contributed by atoms with Crippen LogP contribution in [0.5, 0.6) is 5.75 Å². The predicted octanol–water partition coefficient (Wildman–Crippen LogP) is 6.57. The lowest BCUT2D eigenvalue weighted by molar-refractivity contribution is 0.122. The summed E-state index contributed by atoms with van der Waals surface area (Å²) in [6.07, 6.45) is 7.10. The Kier molecular flexibility index (Phi) is 9.33. The van der Waals surface area contributed by atoms with Gasteiger partial charge in [0.25, 0.3) is 0 Å². The molecule has 2 N–H and O–H groups in total. The van der Waals surface area contributed by atoms with Crippen molar-refractivity contribution in [3.63, 3.8) is 0 Å². The van der Waals surface area contributed by atoms with E-state index >= 15 is 0 Å². The summed E-state index contributed by atoms with van der Waals surface area (Å²) < 4.78 is 13.9. The van der Waals surface area contributed by atoms with Gasteiger partial charge >= 0.3 is 0 Å². The van der Waals surface area contributed by atoms with Crippen molar-refractivity contribution in [3.8, 4) is 5.75 Å². The first kappa shape index (κ1) is 22.8. The molecule has 28 heavy (non-hydrogen) atoms. The zero-order valence-corrected chi connectivity index (χ0v) is 17.9. The molecule has 0 aliphatic heterocycles. The molecule has 0 atom stereocenters. The minimum absolute atomic E-state index is 0.0760. The Morgan fingerprint density at radius 1 is 1.00 bits per heavy atom. The molecular weight excluding hydrogens is 371 g/mol. The van der Waals surface area contributed by atoms with E-state index in [1.54, 1.807) is 30.0 Å². The fraction of sp³-hybridized carbons (Fsp3) is 0.500. The number of halogens is 1. The number of hydrogen-bond donors (Lipinski definition) is 2. The molecule has 0 fully saturated rings. The molecule has 154 valence electrons. The fourth-order valence-electron chi connectivity index (χ4n) is 3.52. The van der Waals surface area contributed by atoms with E-state index in [0.29, 0.717) is 6.42 Å². The van der Waals surface area contributed by atoms with Gasteiger partial charge in [0, 0.05) is 22.7 Å². The molecule has 0 bridgehead atoms. The zero-order valence-electron chi connectivity index (χ0n) is 17.1. The molecule has 0 unspecified atom stereocenters. The first-order valence-corrected chi connectivity index (χ1v) is 11.3. The Labute approximate surface area is 173 Å². The molecule has 4 heteroatoms. The highest BCUT2D eigenvalue weighted by molar-refractivity contribution is 7.99. The molecular formula is C24H33FO2S. The Bertz CT molecular complexity index is 724. The zero-order chi connectivity index (χ0) is 20.4. The van der Waals surface area contributed by atoms with Crippen LogP contribution in [-0.4, -0.2) is 22.6 Å². The van der Waals surface area contributed by atoms with Gasteiger partial charge in [-0.05, 0) is 60.7 Å². The quantitative estimate of drug-likeness (QED) is 0.393. The molecule has 0 radical (unpaired) electrons. The summed E-state index contributed by atoms with van der Waals surface area (Å²) in [5.41, 5.74) is 1.80. The molecule has 0 heterocycles. The van der Waals surface area contributed by atoms with Crippen molar-refractivity contribution in [2.24, 2.45) is 5.41 Å². The number of unbranched alkanes of at least 4 members (excludes halogenated alkanes) is 2. The second kappa shape index (κ2) is 11.5. The molecule has 0 saturated carbocycles. The van der Waals surface area contributed by atoms with Crippen molar-refractivity contribution in [2.75, 3.05) is 12.4 Å². The molecule has 0 saturated heterocycles. The van der Waals surface area contributed by atoms with E-state index in [1.807, 2.05) is 18.2 Å². The van der Waals surface area contributed by atoms with Gasteiger partial charge in [0.1, 0.15) is 11.6 Å². The number of hydrogen-bond acceptors (Lipinski definition) is 3. The van der Waals surface area contributed by atoms with Crippen molar-refractivity contribution in [2.45, 2.75) is 63.7 Å². The maximum absolute atomic E-state index is 13.9. The van der Waals surface area contributed by atoms with Crippen LogP contribution < -0.4 is 0 Å². The van der Waals surface area contributed by atoms with Crippen LogP contribution in [0.25, 0.3) is 0 Å². The van der Waals surface area contributed by atoms with Crippen LogP contribution in [0.1, 0.15) is 63.5 Å². The molecule has 2 nitrogen and oxygen atoms in total. The molecule has 0 aliphatic rings. The van der Waals surface area contributed by atoms with E-state index in [4.69, 9.17) is 0 Å². The lowest BCUT2D eigenvalue weighted by Gasteiger charge is -2.32. The summed E-state index contributed by atoms with van der Waals surface area (Å²) in [6, 6.07) is 12.1. The molecule has 0 aromatic heterocycles. The second-order valence-electron chi connectivity index (χ2n) is 7.75. The van der Waals surface area contributed by atoms with Gasteiger partial charge in [0.2, 0.25) is 0 Å². The minimum atomic E-state index is -0.245. The highest BCUT2D eigenvalue weighted by atomic mass is 32.2. The van der Waals surface area contributed by atoms with Crippen LogP contribution in [-0.2, 0) is 6.42 Å². The third kappa shape index (κ3) is 6.82. The molecule has 0 spiro atoms. The van der Waals surface area contributed by atoms with E-state index in [9.17, 15) is 14.6 Å². The average molecular weight is 405 g/mol. The maximum atomic E-state index is 13.9. The predicted molar refractivity (Wildman–Crippen MR) is 117 cm³/mol. The van der Waals surface area contributed by atoms with Crippen LogP contribution in [0, 0.1) is 11.2 Å². The van der Waals surface area contributed by atoms with Crippen LogP contribution in [0.4, 0.5) is 4.39 Å². The molecule has 2 aromatic carbocycles. The standard InChI is InChI=1S/C24H33FO2S/c1-3-5-12-24(17-26,13-6-4-2)18-28-23-11-10-21(25)16-20(23)14-19-8-7-9-22(27)15-19/h7-11,15-16,26-27H,3-6,12-14,17-18H2,1-2H3. The third-order valence-corrected chi connectivity index (χ3v) is 6.78. The van der Waals surface area contributed by atoms with E-state index in [1.165, 1.54) is 6.07 Å². The van der Waals surface area contributed by atoms with Gasteiger partial charge in [-0.1, -0.05) is 51.7 Å². The average Bonchev–Trinajstić information content (AvgIpc) is 2.69. The number of phenolic OH excluding ortho intramolecular Hbond substituents is 1. The van der Waals surface area contributed by atoms with Gasteiger partial charge < -0.3 is 10.2 Å². The number of phenols is 1. The molecule has 2 aromatic rings. The Balaban J connectivity index is 2.19. The number of rotatable bonds is 12. The lowest BCUT2D eigenvalue weighted by atomic mass is 9.81. The minimum Gasteiger partial charge on any atom is -0.508 e. The van der Waals surface area contributed by atoms with Gasteiger partial charge in [-0.15, -0.1) is 11.8 Å². The topological polar surface area (TPSA) is 40.5 Å². The number of aromatic hydroxyl groups is 1. The van der Waals surface area contributed by atoms with Crippen molar-refractivity contribution < 1.29 is 14.6 Å². The highest BCUT2D eigenvalue weighted by Crippen LogP contribution is 2.38. The number of benzene rings is 2. The smallest absolute Gasteiger partial charge is 0.123 e. The first-order chi connectivity index (χ1) is 13.5. The van der Waals surface area contributed by atoms with Crippen LogP contribution in [0.3, 0.4) is 0 Å². The Hall–Kier alpha value is -1.52. The van der Waals surface area contributed by atoms with Crippen molar-refractivity contribution in [1.29, 1.82) is 0 Å². The van der Waals surface area contributed by atoms with Gasteiger partial charge in [-0.25, -0.2) is 4.39 Å². The summed E-state index contributed by atoms with van der Waals surface area (Å²) >= 11 is 1.72. The third-order valence-electron chi connectivity index (χ3n) is 5.32. The van der Waals surface area contributed by atoms with E-state index in [-0.39, 0.29) is 23.6 Å². The second-order valence-corrected chi connectivity index (χ2v) is 8.77. The van der Waals surface area contributed by atoms with Gasteiger partial charge in [-0.3, -0.25) is 0 Å². The summed E-state index contributed by atoms with van der Waals surface area (Å²) in [7, 11) is 0. The number of aliphatic hydroxyl groups excluding tert-OH is 1. The lowest BCUT2D eigenvalue weighted by Crippen LogP contribution is -2.28. The molecule has 0 aliphatic carbocycles. The van der Waals surface area contributed by atoms with Crippen LogP contribution in [0.15, 0.2) is 47.4 Å². The van der Waals surface area contributed by atoms with Gasteiger partial charge in [0.15, 0.2) is 0 Å². The van der Waals surface area contributed by atoms with E-state index in [0.717, 1.165) is 60.3 Å². The summed E-state index contributed by atoms with van der Waals surface area (Å²) in [6.45, 7) is 4.56. The van der Waals surface area contributed by atoms with Crippen LogP contribution in [0.2, 0.25) is 0 Å². The highest BCUT2D eigenvalue weighted by Gasteiger charge is 2.28. The largest absolute Gasteiger partial charge is 0.508 e. The maximum Gasteiger partial charge on any atom is 0.123 e. The fourth-order valence-corrected chi connectivity index (χ4v) is 4.84. The number of aliphatic hydroxyl groups is 1. The summed E-state index contributed by atoms with van der Waals surface area (Å²) in [5.74, 6) is 0.814. The Morgan fingerprint density at radius 2 is 1.71 bits per heavy atom. The van der Waals surface area contributed by atoms with Crippen LogP contribution >= 0.6 is 11.8 Å². The summed E-state index contributed by atoms with van der Waals surface area (Å²) in [5, 5.41) is 19.9. The van der Waals surface area contributed by atoms with Crippen molar-refractivity contribution >= 4 is 11.8 Å². The summed E-state index contributed by atoms with van der Waals surface area (Å²) in [4.78, 5) is 1.05. The van der Waals surface area contributed by atoms with Gasteiger partial charge in [-0.2, -0.15) is 0 Å². The van der Waals surface area contributed by atoms with Crippen molar-refractivity contribution in [1.82, 2.24) is 0 Å². The van der Waals surface area contributed by atoms with Gasteiger partial charge in [0.05, 0.1) is 0 Å². The van der Waals surface area contributed by atoms with Crippen molar-refractivity contribution in [3.05, 3.63) is 59.4 Å². The van der Waals surface area contributed by atoms with E-state index < -0.39 is 0 Å². The molecule has 0 amide bonds. The first-order valence-electron chi connectivity index (χ1n) is 10.3. The monoisotopic (exact) mass is 404 g/mol. The normalized spacial score (nSPS) is 11.7. The molecule has 2 rings (SSSR count). The number of thioether (sulfide) groups is 1. The Morgan fingerprint density at radius 3 is 2.32 bits per heavy atom. The van der Waals surface area contributed by atoms with E-state index in [2.05, 4.69) is 13.8 Å². The SMILES string of the molecule is CCCCC(CO)(CCCC)CSc1ccc(F)cc1Cc1cccc(O)c1.